The van der Waals surface area contributed by atoms with E-state index in [4.69, 9.17) is 5.10 Å². The fourth-order valence-electron chi connectivity index (χ4n) is 3.70. The van der Waals surface area contributed by atoms with Gasteiger partial charge in [-0.1, -0.05) is 6.92 Å². The van der Waals surface area contributed by atoms with Crippen LogP contribution >= 0.6 is 0 Å². The predicted octanol–water partition coefficient (Wildman–Crippen LogP) is 3.12. The molecule has 1 N–H and O–H groups in total. The van der Waals surface area contributed by atoms with Crippen LogP contribution < -0.4 is 10.2 Å². The van der Waals surface area contributed by atoms with Gasteiger partial charge >= 0.3 is 0 Å². The Morgan fingerprint density at radius 1 is 1.18 bits per heavy atom. The molecule has 1 saturated heterocycles. The summed E-state index contributed by atoms with van der Waals surface area (Å²) in [5.41, 5.74) is 3.11. The Labute approximate surface area is 167 Å². The number of nitrogens with zero attached hydrogens (tertiary/aromatic N) is 5. The van der Waals surface area contributed by atoms with Gasteiger partial charge in [0, 0.05) is 37.3 Å². The molecule has 0 saturated carbocycles. The molecule has 0 aliphatic carbocycles. The van der Waals surface area contributed by atoms with E-state index in [9.17, 15) is 4.79 Å². The number of nitrogens with one attached hydrogen (secondary N) is 1. The molecule has 3 rings (SSSR count). The number of amides is 1. The van der Waals surface area contributed by atoms with Crippen LogP contribution in [0.15, 0.2) is 12.4 Å². The Hall–Kier alpha value is -2.44. The zero-order valence-corrected chi connectivity index (χ0v) is 17.5. The zero-order chi connectivity index (χ0) is 20.1. The second kappa shape index (κ2) is 9.17. The van der Waals surface area contributed by atoms with Crippen LogP contribution in [0, 0.1) is 13.8 Å². The van der Waals surface area contributed by atoms with Crippen LogP contribution in [-0.2, 0) is 11.2 Å². The van der Waals surface area contributed by atoms with Crippen LogP contribution in [0.25, 0.3) is 5.82 Å². The first kappa shape index (κ1) is 20.3. The minimum absolute atomic E-state index is 0.0929. The van der Waals surface area contributed by atoms with Crippen LogP contribution in [0.3, 0.4) is 0 Å². The molecule has 0 radical (unpaired) electrons. The summed E-state index contributed by atoms with van der Waals surface area (Å²) in [5.74, 6) is 1.84. The molecule has 7 heteroatoms. The van der Waals surface area contributed by atoms with Gasteiger partial charge < -0.3 is 10.2 Å². The van der Waals surface area contributed by atoms with Crippen molar-refractivity contribution in [3.8, 4) is 5.82 Å². The van der Waals surface area contributed by atoms with Gasteiger partial charge in [0.1, 0.15) is 12.1 Å². The van der Waals surface area contributed by atoms with E-state index in [0.717, 1.165) is 48.1 Å². The van der Waals surface area contributed by atoms with E-state index in [1.165, 1.54) is 19.3 Å². The smallest absolute Gasteiger partial charge is 0.220 e. The van der Waals surface area contributed by atoms with Crippen LogP contribution in [0.5, 0.6) is 0 Å². The van der Waals surface area contributed by atoms with Gasteiger partial charge in [-0.3, -0.25) is 4.79 Å². The molecule has 0 bridgehead atoms. The first-order chi connectivity index (χ1) is 13.5. The normalized spacial score (nSPS) is 15.5. The number of aromatic nitrogens is 4. The summed E-state index contributed by atoms with van der Waals surface area (Å²) in [6.45, 7) is 10.2. The predicted molar refractivity (Wildman–Crippen MR) is 111 cm³/mol. The second-order valence-corrected chi connectivity index (χ2v) is 7.72. The average Bonchev–Trinajstić information content (AvgIpc) is 3.00. The van der Waals surface area contributed by atoms with Crippen molar-refractivity contribution < 1.29 is 4.79 Å². The third kappa shape index (κ3) is 4.69. The van der Waals surface area contributed by atoms with Crippen LogP contribution in [0.4, 0.5) is 5.82 Å². The first-order valence-corrected chi connectivity index (χ1v) is 10.4. The highest BCUT2D eigenvalue weighted by Gasteiger charge is 2.18. The van der Waals surface area contributed by atoms with Gasteiger partial charge in [-0.15, -0.1) is 0 Å². The van der Waals surface area contributed by atoms with Crippen molar-refractivity contribution in [1.82, 2.24) is 25.1 Å². The molecule has 152 valence electrons. The van der Waals surface area contributed by atoms with Gasteiger partial charge in [-0.2, -0.15) is 5.10 Å². The lowest BCUT2D eigenvalue weighted by Gasteiger charge is -2.27. The Morgan fingerprint density at radius 3 is 2.61 bits per heavy atom. The molecule has 1 aliphatic heterocycles. The number of carbonyl (C=O) groups is 1. The summed E-state index contributed by atoms with van der Waals surface area (Å²) < 4.78 is 1.88. The van der Waals surface area contributed by atoms with Gasteiger partial charge in [0.05, 0.1) is 5.69 Å². The van der Waals surface area contributed by atoms with Crippen LogP contribution in [-0.4, -0.2) is 44.8 Å². The minimum Gasteiger partial charge on any atom is -0.356 e. The van der Waals surface area contributed by atoms with Crippen molar-refractivity contribution in [2.24, 2.45) is 0 Å². The summed E-state index contributed by atoms with van der Waals surface area (Å²) >= 11 is 0. The summed E-state index contributed by atoms with van der Waals surface area (Å²) in [4.78, 5) is 23.4. The SMILES string of the molecule is CCC(C)NC(=O)CCc1c(C)nn(-c2cc(N3CCCCC3)ncn2)c1C. The van der Waals surface area contributed by atoms with E-state index in [1.807, 2.05) is 31.5 Å². The van der Waals surface area contributed by atoms with Gasteiger partial charge in [0.2, 0.25) is 5.91 Å². The first-order valence-electron chi connectivity index (χ1n) is 10.4. The molecule has 1 atom stereocenters. The highest BCUT2D eigenvalue weighted by atomic mass is 16.1. The molecular formula is C21H32N6O. The van der Waals surface area contributed by atoms with Crippen molar-refractivity contribution in [3.63, 3.8) is 0 Å². The minimum atomic E-state index is 0.0929. The summed E-state index contributed by atoms with van der Waals surface area (Å²) in [6.07, 6.45) is 7.43. The maximum atomic E-state index is 12.1. The molecular weight excluding hydrogens is 352 g/mol. The Morgan fingerprint density at radius 2 is 1.89 bits per heavy atom. The molecule has 1 unspecified atom stereocenters. The largest absolute Gasteiger partial charge is 0.356 e. The summed E-state index contributed by atoms with van der Waals surface area (Å²) in [7, 11) is 0. The van der Waals surface area contributed by atoms with Crippen molar-refractivity contribution in [1.29, 1.82) is 0 Å². The van der Waals surface area contributed by atoms with E-state index in [2.05, 4.69) is 27.1 Å². The lowest BCUT2D eigenvalue weighted by atomic mass is 10.1. The van der Waals surface area contributed by atoms with Gasteiger partial charge in [-0.05, 0) is 58.4 Å². The van der Waals surface area contributed by atoms with Crippen LogP contribution in [0.2, 0.25) is 0 Å². The van der Waals surface area contributed by atoms with E-state index in [0.29, 0.717) is 12.8 Å². The van der Waals surface area contributed by atoms with Crippen molar-refractivity contribution >= 4 is 11.7 Å². The highest BCUT2D eigenvalue weighted by Crippen LogP contribution is 2.22. The quantitative estimate of drug-likeness (QED) is 0.794. The van der Waals surface area contributed by atoms with Gasteiger partial charge in [-0.25, -0.2) is 14.6 Å². The van der Waals surface area contributed by atoms with Crippen molar-refractivity contribution in [3.05, 3.63) is 29.3 Å². The number of hydrogen-bond acceptors (Lipinski definition) is 5. The molecule has 28 heavy (non-hydrogen) atoms. The maximum absolute atomic E-state index is 12.1. The van der Waals surface area contributed by atoms with E-state index in [-0.39, 0.29) is 11.9 Å². The molecule has 2 aromatic rings. The van der Waals surface area contributed by atoms with E-state index < -0.39 is 0 Å². The molecule has 3 heterocycles. The number of piperidine rings is 1. The van der Waals surface area contributed by atoms with Crippen molar-refractivity contribution in [2.75, 3.05) is 18.0 Å². The molecule has 1 aliphatic rings. The molecule has 1 amide bonds. The van der Waals surface area contributed by atoms with E-state index in [1.54, 1.807) is 6.33 Å². The lowest BCUT2D eigenvalue weighted by molar-refractivity contribution is -0.121. The van der Waals surface area contributed by atoms with Crippen LogP contribution in [0.1, 0.15) is 62.9 Å². The van der Waals surface area contributed by atoms with Crippen molar-refractivity contribution in [2.45, 2.75) is 72.3 Å². The lowest BCUT2D eigenvalue weighted by Crippen LogP contribution is -2.32. The fourth-order valence-corrected chi connectivity index (χ4v) is 3.70. The standard InChI is InChI=1S/C21H32N6O/c1-5-15(2)24-21(28)10-9-18-16(3)25-27(17(18)4)20-13-19(22-14-23-20)26-11-7-6-8-12-26/h13-15H,5-12H2,1-4H3,(H,24,28). The number of carbonyl (C=O) groups excluding carboxylic acids is 1. The number of rotatable bonds is 7. The molecule has 0 aromatic carbocycles. The monoisotopic (exact) mass is 384 g/mol. The Bertz CT molecular complexity index is 809. The fraction of sp³-hybridized carbons (Fsp3) is 0.619. The number of hydrogen-bond donors (Lipinski definition) is 1. The molecule has 2 aromatic heterocycles. The Kier molecular flexibility index (Phi) is 6.65. The molecule has 1 fully saturated rings. The number of anilines is 1. The van der Waals surface area contributed by atoms with Gasteiger partial charge in [0.15, 0.2) is 5.82 Å². The highest BCUT2D eigenvalue weighted by molar-refractivity contribution is 5.76. The molecule has 0 spiro atoms. The third-order valence-electron chi connectivity index (χ3n) is 5.60. The summed E-state index contributed by atoms with van der Waals surface area (Å²) in [6, 6.07) is 2.23. The number of aryl methyl sites for hydroxylation is 1. The van der Waals surface area contributed by atoms with Gasteiger partial charge in [0.25, 0.3) is 0 Å². The topological polar surface area (TPSA) is 75.9 Å². The Balaban J connectivity index is 1.75. The van der Waals surface area contributed by atoms with E-state index >= 15 is 0 Å². The molecule has 7 nitrogen and oxygen atoms in total. The second-order valence-electron chi connectivity index (χ2n) is 7.72. The maximum Gasteiger partial charge on any atom is 0.220 e. The average molecular weight is 385 g/mol. The summed E-state index contributed by atoms with van der Waals surface area (Å²) in [5, 5.41) is 7.73. The zero-order valence-electron chi connectivity index (χ0n) is 17.5. The third-order valence-corrected chi connectivity index (χ3v) is 5.60.